The van der Waals surface area contributed by atoms with E-state index < -0.39 is 46.7 Å². The zero-order valence-corrected chi connectivity index (χ0v) is 19.0. The summed E-state index contributed by atoms with van der Waals surface area (Å²) in [4.78, 5) is 53.2. The Bertz CT molecular complexity index is 623. The molecule has 0 aromatic heterocycles. The fraction of sp³-hybridized carbons (Fsp3) is 0.727. The Morgan fingerprint density at radius 2 is 1.43 bits per heavy atom. The van der Waals surface area contributed by atoms with Crippen LogP contribution in [0.5, 0.6) is 0 Å². The zero-order chi connectivity index (χ0) is 23.1. The van der Waals surface area contributed by atoms with Crippen LogP contribution < -0.4 is 0 Å². The standard InChI is InChI=1S/C22H35NO7/c1-8-9-10-15(17(24)18(25)23-11-13-28-14-12-23)16(19(26)29-21(2,3)4)20(27)30-22(5,6)7/h8,15-16H,1,9-14H2,2-7H3/t15-/m1/s1. The van der Waals surface area contributed by atoms with Gasteiger partial charge in [0.2, 0.25) is 5.78 Å². The summed E-state index contributed by atoms with van der Waals surface area (Å²) in [5, 5.41) is 0. The second-order valence-corrected chi connectivity index (χ2v) is 9.29. The number of carbonyl (C=O) groups is 4. The molecule has 30 heavy (non-hydrogen) atoms. The number of allylic oxidation sites excluding steroid dienone is 1. The van der Waals surface area contributed by atoms with Gasteiger partial charge in [-0.15, -0.1) is 6.58 Å². The Morgan fingerprint density at radius 3 is 1.83 bits per heavy atom. The highest BCUT2D eigenvalue weighted by Crippen LogP contribution is 2.27. The summed E-state index contributed by atoms with van der Waals surface area (Å²) < 4.78 is 16.0. The molecule has 1 amide bonds. The highest BCUT2D eigenvalue weighted by Gasteiger charge is 2.46. The van der Waals surface area contributed by atoms with Gasteiger partial charge in [0.05, 0.1) is 19.1 Å². The topological polar surface area (TPSA) is 99.2 Å². The minimum Gasteiger partial charge on any atom is -0.459 e. The summed E-state index contributed by atoms with van der Waals surface area (Å²) >= 11 is 0. The summed E-state index contributed by atoms with van der Waals surface area (Å²) in [6.45, 7) is 14.8. The summed E-state index contributed by atoms with van der Waals surface area (Å²) in [7, 11) is 0. The Kier molecular flexibility index (Phi) is 9.21. The summed E-state index contributed by atoms with van der Waals surface area (Å²) in [6.07, 6.45) is 2.01. The van der Waals surface area contributed by atoms with E-state index in [9.17, 15) is 19.2 Å². The molecule has 0 radical (unpaired) electrons. The van der Waals surface area contributed by atoms with Crippen molar-refractivity contribution in [3.8, 4) is 0 Å². The molecular formula is C22H35NO7. The predicted molar refractivity (Wildman–Crippen MR) is 111 cm³/mol. The van der Waals surface area contributed by atoms with Crippen LogP contribution in [-0.4, -0.2) is 66.0 Å². The smallest absolute Gasteiger partial charge is 0.321 e. The fourth-order valence-electron chi connectivity index (χ4n) is 2.98. The van der Waals surface area contributed by atoms with Gasteiger partial charge in [0.1, 0.15) is 11.2 Å². The molecule has 0 aliphatic carbocycles. The number of ether oxygens (including phenoxy) is 3. The highest BCUT2D eigenvalue weighted by atomic mass is 16.6. The zero-order valence-electron chi connectivity index (χ0n) is 19.0. The van der Waals surface area contributed by atoms with E-state index in [1.807, 2.05) is 0 Å². The van der Waals surface area contributed by atoms with Crippen LogP contribution in [0.2, 0.25) is 0 Å². The fourth-order valence-corrected chi connectivity index (χ4v) is 2.98. The Hall–Kier alpha value is -2.22. The number of rotatable bonds is 8. The quantitative estimate of drug-likeness (QED) is 0.255. The van der Waals surface area contributed by atoms with E-state index in [-0.39, 0.29) is 19.5 Å². The van der Waals surface area contributed by atoms with Gasteiger partial charge < -0.3 is 19.1 Å². The average Bonchev–Trinajstić information content (AvgIpc) is 2.61. The van der Waals surface area contributed by atoms with Crippen LogP contribution in [0.3, 0.4) is 0 Å². The molecule has 1 rings (SSSR count). The van der Waals surface area contributed by atoms with Gasteiger partial charge in [0.15, 0.2) is 5.92 Å². The largest absolute Gasteiger partial charge is 0.459 e. The van der Waals surface area contributed by atoms with Crippen LogP contribution in [0.15, 0.2) is 12.7 Å². The van der Waals surface area contributed by atoms with Crippen LogP contribution in [0.1, 0.15) is 54.4 Å². The first kappa shape index (κ1) is 25.8. The average molecular weight is 426 g/mol. The first-order valence-corrected chi connectivity index (χ1v) is 10.2. The molecule has 1 saturated heterocycles. The molecule has 0 unspecified atom stereocenters. The van der Waals surface area contributed by atoms with Crippen LogP contribution in [-0.2, 0) is 33.4 Å². The van der Waals surface area contributed by atoms with E-state index >= 15 is 0 Å². The predicted octanol–water partition coefficient (Wildman–Crippen LogP) is 2.30. The van der Waals surface area contributed by atoms with Crippen LogP contribution >= 0.6 is 0 Å². The van der Waals surface area contributed by atoms with E-state index in [2.05, 4.69) is 6.58 Å². The molecule has 1 aliphatic heterocycles. The summed E-state index contributed by atoms with van der Waals surface area (Å²) in [5.74, 6) is -6.04. The van der Waals surface area contributed by atoms with E-state index in [0.29, 0.717) is 19.6 Å². The van der Waals surface area contributed by atoms with Crippen LogP contribution in [0.4, 0.5) is 0 Å². The van der Waals surface area contributed by atoms with Crippen molar-refractivity contribution in [2.45, 2.75) is 65.6 Å². The molecule has 0 aromatic carbocycles. The van der Waals surface area contributed by atoms with Gasteiger partial charge in [0, 0.05) is 13.1 Å². The number of hydrogen-bond donors (Lipinski definition) is 0. The minimum absolute atomic E-state index is 0.0988. The van der Waals surface area contributed by atoms with Gasteiger partial charge in [-0.2, -0.15) is 0 Å². The maximum Gasteiger partial charge on any atom is 0.321 e. The number of Topliss-reactive ketones (excluding diaryl/α,β-unsaturated/α-hetero) is 1. The lowest BCUT2D eigenvalue weighted by molar-refractivity contribution is -0.179. The second kappa shape index (κ2) is 10.7. The Balaban J connectivity index is 3.27. The Morgan fingerprint density at radius 1 is 0.967 bits per heavy atom. The third kappa shape index (κ3) is 8.26. The van der Waals surface area contributed by atoms with E-state index in [0.717, 1.165) is 0 Å². The van der Waals surface area contributed by atoms with Crippen molar-refractivity contribution in [3.63, 3.8) is 0 Å². The molecule has 170 valence electrons. The highest BCUT2D eigenvalue weighted by molar-refractivity contribution is 6.37. The van der Waals surface area contributed by atoms with E-state index in [1.165, 1.54) is 4.90 Å². The molecule has 0 spiro atoms. The number of hydrogen-bond acceptors (Lipinski definition) is 7. The van der Waals surface area contributed by atoms with Crippen molar-refractivity contribution in [2.75, 3.05) is 26.3 Å². The van der Waals surface area contributed by atoms with Crippen molar-refractivity contribution in [3.05, 3.63) is 12.7 Å². The minimum atomic E-state index is -1.54. The SMILES string of the molecule is C=CCC[C@@H](C(=O)C(=O)N1CCOCC1)C(C(=O)OC(C)(C)C)C(=O)OC(C)(C)C. The number of amides is 1. The third-order valence-corrected chi connectivity index (χ3v) is 4.25. The van der Waals surface area contributed by atoms with Crippen molar-refractivity contribution in [1.82, 2.24) is 4.90 Å². The lowest BCUT2D eigenvalue weighted by atomic mass is 9.83. The molecule has 0 aromatic rings. The number of esters is 2. The second-order valence-electron chi connectivity index (χ2n) is 9.29. The molecule has 1 heterocycles. The van der Waals surface area contributed by atoms with Crippen molar-refractivity contribution in [2.24, 2.45) is 11.8 Å². The third-order valence-electron chi connectivity index (χ3n) is 4.25. The Labute approximate surface area is 178 Å². The molecule has 8 heteroatoms. The number of morpholine rings is 1. The maximum absolute atomic E-state index is 13.1. The molecule has 0 N–H and O–H groups in total. The van der Waals surface area contributed by atoms with E-state index in [1.54, 1.807) is 47.6 Å². The molecule has 1 fully saturated rings. The van der Waals surface area contributed by atoms with Gasteiger partial charge in [-0.1, -0.05) is 6.08 Å². The van der Waals surface area contributed by atoms with Crippen molar-refractivity contribution in [1.29, 1.82) is 0 Å². The van der Waals surface area contributed by atoms with Gasteiger partial charge in [-0.3, -0.25) is 19.2 Å². The number of ketones is 1. The summed E-state index contributed by atoms with van der Waals surface area (Å²) in [5.41, 5.74) is -1.75. The number of carbonyl (C=O) groups excluding carboxylic acids is 4. The van der Waals surface area contributed by atoms with Crippen LogP contribution in [0, 0.1) is 11.8 Å². The monoisotopic (exact) mass is 425 g/mol. The van der Waals surface area contributed by atoms with Crippen molar-refractivity contribution < 1.29 is 33.4 Å². The number of nitrogens with zero attached hydrogens (tertiary/aromatic N) is 1. The maximum atomic E-state index is 13.1. The van der Waals surface area contributed by atoms with Crippen LogP contribution in [0.25, 0.3) is 0 Å². The first-order valence-electron chi connectivity index (χ1n) is 10.2. The molecule has 1 atom stereocenters. The molecular weight excluding hydrogens is 390 g/mol. The van der Waals surface area contributed by atoms with E-state index in [4.69, 9.17) is 14.2 Å². The normalized spacial score (nSPS) is 16.0. The summed E-state index contributed by atoms with van der Waals surface area (Å²) in [6, 6.07) is 0. The van der Waals surface area contributed by atoms with Gasteiger partial charge in [0.25, 0.3) is 5.91 Å². The van der Waals surface area contributed by atoms with Crippen molar-refractivity contribution >= 4 is 23.6 Å². The molecule has 8 nitrogen and oxygen atoms in total. The first-order chi connectivity index (χ1) is 13.8. The molecule has 0 bridgehead atoms. The van der Waals surface area contributed by atoms with Gasteiger partial charge in [-0.05, 0) is 54.4 Å². The van der Waals surface area contributed by atoms with Gasteiger partial charge >= 0.3 is 11.9 Å². The van der Waals surface area contributed by atoms with Gasteiger partial charge in [-0.25, -0.2) is 0 Å². The lowest BCUT2D eigenvalue weighted by Crippen LogP contribution is -2.49. The molecule has 1 aliphatic rings. The lowest BCUT2D eigenvalue weighted by Gasteiger charge is -2.31. The molecule has 0 saturated carbocycles.